The van der Waals surface area contributed by atoms with E-state index in [0.717, 1.165) is 5.92 Å². The van der Waals surface area contributed by atoms with Gasteiger partial charge in [-0.15, -0.1) is 0 Å². The molecule has 1 N–H and O–H groups in total. The van der Waals surface area contributed by atoms with E-state index < -0.39 is 0 Å². The highest BCUT2D eigenvalue weighted by molar-refractivity contribution is 5.31. The first-order valence-corrected chi connectivity index (χ1v) is 6.61. The first-order chi connectivity index (χ1) is 7.86. The average Bonchev–Trinajstić information content (AvgIpc) is 2.66. The van der Waals surface area contributed by atoms with Crippen LogP contribution in [0.15, 0.2) is 0 Å². The lowest BCUT2D eigenvalue weighted by Crippen LogP contribution is -2.28. The molecule has 3 nitrogen and oxygen atoms in total. The predicted molar refractivity (Wildman–Crippen MR) is 64.7 cm³/mol. The minimum atomic E-state index is 0.751. The van der Waals surface area contributed by atoms with Crippen LogP contribution >= 0.6 is 0 Å². The zero-order chi connectivity index (χ0) is 11.0. The molecule has 88 valence electrons. The van der Waals surface area contributed by atoms with E-state index in [-0.39, 0.29) is 0 Å². The summed E-state index contributed by atoms with van der Waals surface area (Å²) in [7, 11) is 2.13. The summed E-state index contributed by atoms with van der Waals surface area (Å²) in [5, 5.41) is 8.17. The molecule has 0 atom stereocenters. The van der Waals surface area contributed by atoms with Crippen molar-refractivity contribution in [1.29, 1.82) is 0 Å². The highest BCUT2D eigenvalue weighted by Gasteiger charge is 2.25. The van der Waals surface area contributed by atoms with Crippen molar-refractivity contribution >= 4 is 0 Å². The molecule has 0 spiro atoms. The molecule has 1 aromatic rings. The molecule has 0 saturated carbocycles. The highest BCUT2D eigenvalue weighted by atomic mass is 15.3. The van der Waals surface area contributed by atoms with Gasteiger partial charge in [-0.25, -0.2) is 0 Å². The third-order valence-electron chi connectivity index (χ3n) is 4.09. The molecule has 1 aliphatic carbocycles. The maximum absolute atomic E-state index is 4.72. The summed E-state index contributed by atoms with van der Waals surface area (Å²) in [6, 6.07) is 0. The highest BCUT2D eigenvalue weighted by Crippen LogP contribution is 2.32. The molecule has 1 aromatic heterocycles. The van der Waals surface area contributed by atoms with Crippen molar-refractivity contribution in [2.75, 3.05) is 13.1 Å². The van der Waals surface area contributed by atoms with E-state index in [4.69, 9.17) is 5.10 Å². The second-order valence-corrected chi connectivity index (χ2v) is 5.17. The van der Waals surface area contributed by atoms with Gasteiger partial charge in [-0.05, 0) is 57.2 Å². The molecule has 0 unspecified atom stereocenters. The van der Waals surface area contributed by atoms with Gasteiger partial charge in [-0.1, -0.05) is 0 Å². The molecular formula is C13H21N3. The van der Waals surface area contributed by atoms with Crippen LogP contribution in [0.4, 0.5) is 0 Å². The SMILES string of the molecule is Cn1nc2c(c1C1CCNCC1)CCCC2. The quantitative estimate of drug-likeness (QED) is 0.780. The molecule has 1 saturated heterocycles. The Morgan fingerprint density at radius 3 is 2.75 bits per heavy atom. The minimum Gasteiger partial charge on any atom is -0.317 e. The van der Waals surface area contributed by atoms with Gasteiger partial charge >= 0.3 is 0 Å². The maximum Gasteiger partial charge on any atom is 0.0659 e. The van der Waals surface area contributed by atoms with Crippen LogP contribution in [0.1, 0.15) is 48.6 Å². The topological polar surface area (TPSA) is 29.9 Å². The number of hydrogen-bond acceptors (Lipinski definition) is 2. The zero-order valence-electron chi connectivity index (χ0n) is 10.1. The van der Waals surface area contributed by atoms with E-state index in [2.05, 4.69) is 17.0 Å². The Balaban J connectivity index is 1.95. The van der Waals surface area contributed by atoms with Gasteiger partial charge < -0.3 is 5.32 Å². The van der Waals surface area contributed by atoms with Crippen LogP contribution in [0, 0.1) is 0 Å². The van der Waals surface area contributed by atoms with Gasteiger partial charge in [0.05, 0.1) is 5.69 Å². The summed E-state index contributed by atoms with van der Waals surface area (Å²) in [6.07, 6.45) is 7.72. The van der Waals surface area contributed by atoms with Crippen LogP contribution in [-0.2, 0) is 19.9 Å². The standard InChI is InChI=1S/C13H21N3/c1-16-13(10-6-8-14-9-7-10)11-4-2-3-5-12(11)15-16/h10,14H,2-9H2,1H3. The Morgan fingerprint density at radius 1 is 1.19 bits per heavy atom. The van der Waals surface area contributed by atoms with Crippen molar-refractivity contribution < 1.29 is 0 Å². The lowest BCUT2D eigenvalue weighted by Gasteiger charge is -2.24. The number of piperidine rings is 1. The van der Waals surface area contributed by atoms with Gasteiger partial charge in [-0.3, -0.25) is 4.68 Å². The molecule has 2 aliphatic rings. The van der Waals surface area contributed by atoms with Crippen LogP contribution in [0.5, 0.6) is 0 Å². The van der Waals surface area contributed by atoms with Crippen molar-refractivity contribution in [3.63, 3.8) is 0 Å². The van der Waals surface area contributed by atoms with E-state index in [1.54, 1.807) is 11.3 Å². The maximum atomic E-state index is 4.72. The summed E-state index contributed by atoms with van der Waals surface area (Å²) in [6.45, 7) is 2.34. The third-order valence-corrected chi connectivity index (χ3v) is 4.09. The Morgan fingerprint density at radius 2 is 1.94 bits per heavy atom. The molecular weight excluding hydrogens is 198 g/mol. The molecule has 0 aromatic carbocycles. The van der Waals surface area contributed by atoms with Crippen LogP contribution in [-0.4, -0.2) is 22.9 Å². The first kappa shape index (κ1) is 10.3. The van der Waals surface area contributed by atoms with Crippen LogP contribution in [0.3, 0.4) is 0 Å². The van der Waals surface area contributed by atoms with E-state index in [1.165, 1.54) is 57.3 Å². The summed E-state index contributed by atoms with van der Waals surface area (Å²) in [5.41, 5.74) is 4.54. The van der Waals surface area contributed by atoms with Crippen molar-refractivity contribution in [2.45, 2.75) is 44.4 Å². The van der Waals surface area contributed by atoms with E-state index in [0.29, 0.717) is 0 Å². The van der Waals surface area contributed by atoms with Gasteiger partial charge in [0.15, 0.2) is 0 Å². The van der Waals surface area contributed by atoms with Crippen molar-refractivity contribution in [3.05, 3.63) is 17.0 Å². The van der Waals surface area contributed by atoms with Crippen LogP contribution in [0.2, 0.25) is 0 Å². The van der Waals surface area contributed by atoms with Gasteiger partial charge in [0.25, 0.3) is 0 Å². The molecule has 1 aliphatic heterocycles. The molecule has 2 heterocycles. The van der Waals surface area contributed by atoms with E-state index >= 15 is 0 Å². The summed E-state index contributed by atoms with van der Waals surface area (Å²) >= 11 is 0. The lowest BCUT2D eigenvalue weighted by molar-refractivity contribution is 0.437. The molecule has 0 bridgehead atoms. The number of nitrogens with zero attached hydrogens (tertiary/aromatic N) is 2. The molecule has 16 heavy (non-hydrogen) atoms. The number of aromatic nitrogens is 2. The van der Waals surface area contributed by atoms with Gasteiger partial charge in [0.1, 0.15) is 0 Å². The molecule has 3 heteroatoms. The minimum absolute atomic E-state index is 0.751. The Kier molecular flexibility index (Phi) is 2.72. The predicted octanol–water partition coefficient (Wildman–Crippen LogP) is 1.77. The number of fused-ring (bicyclic) bond motifs is 1. The normalized spacial score (nSPS) is 22.1. The number of nitrogens with one attached hydrogen (secondary N) is 1. The number of hydrogen-bond donors (Lipinski definition) is 1. The van der Waals surface area contributed by atoms with Gasteiger partial charge in [-0.2, -0.15) is 5.10 Å². The largest absolute Gasteiger partial charge is 0.317 e. The smallest absolute Gasteiger partial charge is 0.0659 e. The molecule has 3 rings (SSSR count). The lowest BCUT2D eigenvalue weighted by atomic mass is 9.87. The first-order valence-electron chi connectivity index (χ1n) is 6.61. The van der Waals surface area contributed by atoms with Gasteiger partial charge in [0, 0.05) is 18.7 Å². The summed E-state index contributed by atoms with van der Waals surface area (Å²) in [4.78, 5) is 0. The summed E-state index contributed by atoms with van der Waals surface area (Å²) in [5.74, 6) is 0.751. The number of rotatable bonds is 1. The Labute approximate surface area is 97.2 Å². The van der Waals surface area contributed by atoms with Crippen molar-refractivity contribution in [1.82, 2.24) is 15.1 Å². The van der Waals surface area contributed by atoms with Gasteiger partial charge in [0.2, 0.25) is 0 Å². The number of aryl methyl sites for hydroxylation is 2. The fourth-order valence-corrected chi connectivity index (χ4v) is 3.31. The van der Waals surface area contributed by atoms with Crippen molar-refractivity contribution in [2.24, 2.45) is 7.05 Å². The fraction of sp³-hybridized carbons (Fsp3) is 0.769. The summed E-state index contributed by atoms with van der Waals surface area (Å²) < 4.78 is 2.17. The molecule has 0 amide bonds. The Bertz CT molecular complexity index is 375. The van der Waals surface area contributed by atoms with E-state index in [9.17, 15) is 0 Å². The molecule has 1 fully saturated rings. The monoisotopic (exact) mass is 219 g/mol. The fourth-order valence-electron chi connectivity index (χ4n) is 3.31. The van der Waals surface area contributed by atoms with Crippen LogP contribution < -0.4 is 5.32 Å². The average molecular weight is 219 g/mol. The third kappa shape index (κ3) is 1.67. The second-order valence-electron chi connectivity index (χ2n) is 5.17. The Hall–Kier alpha value is -0.830. The second kappa shape index (κ2) is 4.21. The van der Waals surface area contributed by atoms with E-state index in [1.807, 2.05) is 0 Å². The molecule has 0 radical (unpaired) electrons. The zero-order valence-corrected chi connectivity index (χ0v) is 10.1. The van der Waals surface area contributed by atoms with Crippen molar-refractivity contribution in [3.8, 4) is 0 Å². The van der Waals surface area contributed by atoms with Crippen LogP contribution in [0.25, 0.3) is 0 Å².